The molecular formula is C17H13BrN4OS. The number of hydrogen-bond donors (Lipinski definition) is 0. The van der Waals surface area contributed by atoms with Crippen molar-refractivity contribution in [2.45, 2.75) is 17.9 Å². The zero-order chi connectivity index (χ0) is 16.5. The van der Waals surface area contributed by atoms with Crippen molar-refractivity contribution in [3.8, 4) is 11.5 Å². The second-order valence-electron chi connectivity index (χ2n) is 5.37. The maximum atomic E-state index is 5.72. The van der Waals surface area contributed by atoms with Gasteiger partial charge in [0, 0.05) is 28.2 Å². The van der Waals surface area contributed by atoms with Gasteiger partial charge < -0.3 is 8.82 Å². The lowest BCUT2D eigenvalue weighted by Crippen LogP contribution is -1.82. The number of imidazole rings is 1. The average molecular weight is 401 g/mol. The molecule has 4 rings (SSSR count). The first-order valence-electron chi connectivity index (χ1n) is 7.34. The molecule has 120 valence electrons. The largest absolute Gasteiger partial charge is 0.411 e. The van der Waals surface area contributed by atoms with E-state index in [1.54, 1.807) is 0 Å². The Kier molecular flexibility index (Phi) is 4.12. The van der Waals surface area contributed by atoms with Gasteiger partial charge in [0.05, 0.1) is 5.69 Å². The SMILES string of the molecule is Cc1ccc2nc(CSc3nnc(-c4ccc(Br)cc4)o3)cn2c1. The molecule has 4 aromatic rings. The highest BCUT2D eigenvalue weighted by Gasteiger charge is 2.10. The maximum absolute atomic E-state index is 5.72. The van der Waals surface area contributed by atoms with E-state index >= 15 is 0 Å². The van der Waals surface area contributed by atoms with E-state index in [9.17, 15) is 0 Å². The highest BCUT2D eigenvalue weighted by molar-refractivity contribution is 9.10. The molecule has 0 bridgehead atoms. The van der Waals surface area contributed by atoms with Crippen molar-refractivity contribution in [3.05, 3.63) is 64.5 Å². The molecule has 0 radical (unpaired) electrons. The third kappa shape index (κ3) is 3.22. The number of aryl methyl sites for hydroxylation is 1. The minimum atomic E-state index is 0.524. The molecule has 0 atom stereocenters. The van der Waals surface area contributed by atoms with Crippen LogP contribution in [0.4, 0.5) is 0 Å². The molecule has 0 N–H and O–H groups in total. The summed E-state index contributed by atoms with van der Waals surface area (Å²) in [6.45, 7) is 2.07. The first kappa shape index (κ1) is 15.4. The fourth-order valence-electron chi connectivity index (χ4n) is 2.34. The molecule has 0 fully saturated rings. The number of aromatic nitrogens is 4. The number of rotatable bonds is 4. The van der Waals surface area contributed by atoms with Crippen LogP contribution in [0.5, 0.6) is 0 Å². The first-order valence-corrected chi connectivity index (χ1v) is 9.12. The van der Waals surface area contributed by atoms with Crippen LogP contribution in [0.15, 0.2) is 62.9 Å². The van der Waals surface area contributed by atoms with Gasteiger partial charge in [-0.2, -0.15) is 0 Å². The highest BCUT2D eigenvalue weighted by Crippen LogP contribution is 2.26. The fraction of sp³-hybridized carbons (Fsp3) is 0.118. The summed E-state index contributed by atoms with van der Waals surface area (Å²) < 4.78 is 8.77. The van der Waals surface area contributed by atoms with Gasteiger partial charge in [-0.05, 0) is 42.8 Å². The van der Waals surface area contributed by atoms with E-state index in [0.29, 0.717) is 16.9 Å². The number of benzene rings is 1. The molecule has 1 aromatic carbocycles. The van der Waals surface area contributed by atoms with Gasteiger partial charge in [0.2, 0.25) is 5.89 Å². The summed E-state index contributed by atoms with van der Waals surface area (Å²) in [6, 6.07) is 11.9. The molecule has 0 aliphatic carbocycles. The number of hydrogen-bond acceptors (Lipinski definition) is 5. The summed E-state index contributed by atoms with van der Waals surface area (Å²) in [5.74, 6) is 1.21. The van der Waals surface area contributed by atoms with Gasteiger partial charge in [0.25, 0.3) is 5.22 Å². The van der Waals surface area contributed by atoms with Gasteiger partial charge in [0.1, 0.15) is 5.65 Å². The molecule has 24 heavy (non-hydrogen) atoms. The Morgan fingerprint density at radius 3 is 2.75 bits per heavy atom. The Balaban J connectivity index is 1.48. The minimum absolute atomic E-state index is 0.524. The van der Waals surface area contributed by atoms with Crippen molar-refractivity contribution in [2.24, 2.45) is 0 Å². The fourth-order valence-corrected chi connectivity index (χ4v) is 3.25. The Labute approximate surface area is 151 Å². The van der Waals surface area contributed by atoms with Crippen molar-refractivity contribution in [1.82, 2.24) is 19.6 Å². The van der Waals surface area contributed by atoms with Gasteiger partial charge in [-0.25, -0.2) is 4.98 Å². The predicted octanol–water partition coefficient (Wildman–Crippen LogP) is 4.75. The van der Waals surface area contributed by atoms with E-state index in [-0.39, 0.29) is 0 Å². The van der Waals surface area contributed by atoms with Crippen molar-refractivity contribution >= 4 is 33.3 Å². The van der Waals surface area contributed by atoms with Crippen molar-refractivity contribution < 1.29 is 4.42 Å². The maximum Gasteiger partial charge on any atom is 0.277 e. The van der Waals surface area contributed by atoms with Crippen LogP contribution in [0.25, 0.3) is 17.1 Å². The minimum Gasteiger partial charge on any atom is -0.411 e. The van der Waals surface area contributed by atoms with Gasteiger partial charge in [-0.1, -0.05) is 33.8 Å². The molecule has 3 aromatic heterocycles. The zero-order valence-electron chi connectivity index (χ0n) is 12.8. The normalized spacial score (nSPS) is 11.2. The topological polar surface area (TPSA) is 56.2 Å². The standard InChI is InChI=1S/C17H13BrN4OS/c1-11-2-7-15-19-14(9-22(15)8-11)10-24-17-21-20-16(23-17)12-3-5-13(18)6-4-12/h2-9H,10H2,1H3. The molecule has 0 saturated heterocycles. The lowest BCUT2D eigenvalue weighted by Gasteiger charge is -1.94. The number of pyridine rings is 1. The molecule has 0 unspecified atom stereocenters. The lowest BCUT2D eigenvalue weighted by atomic mass is 10.2. The molecule has 0 saturated carbocycles. The van der Waals surface area contributed by atoms with E-state index in [1.807, 2.05) is 40.9 Å². The average Bonchev–Trinajstić information content (AvgIpc) is 3.19. The van der Waals surface area contributed by atoms with Crippen LogP contribution in [-0.2, 0) is 5.75 Å². The van der Waals surface area contributed by atoms with Gasteiger partial charge >= 0.3 is 0 Å². The molecule has 3 heterocycles. The van der Waals surface area contributed by atoms with Crippen LogP contribution in [0.1, 0.15) is 11.3 Å². The quantitative estimate of drug-likeness (QED) is 0.462. The lowest BCUT2D eigenvalue weighted by molar-refractivity contribution is 0.466. The third-order valence-electron chi connectivity index (χ3n) is 3.49. The Morgan fingerprint density at radius 2 is 1.92 bits per heavy atom. The van der Waals surface area contributed by atoms with E-state index < -0.39 is 0 Å². The summed E-state index contributed by atoms with van der Waals surface area (Å²) in [5, 5.41) is 8.75. The monoisotopic (exact) mass is 400 g/mol. The summed E-state index contributed by atoms with van der Waals surface area (Å²) in [4.78, 5) is 4.59. The van der Waals surface area contributed by atoms with Crippen LogP contribution >= 0.6 is 27.7 Å². The third-order valence-corrected chi connectivity index (χ3v) is 4.87. The van der Waals surface area contributed by atoms with Crippen molar-refractivity contribution in [3.63, 3.8) is 0 Å². The Bertz CT molecular complexity index is 993. The van der Waals surface area contributed by atoms with E-state index in [0.717, 1.165) is 21.4 Å². The summed E-state index contributed by atoms with van der Waals surface area (Å²) >= 11 is 4.90. The highest BCUT2D eigenvalue weighted by atomic mass is 79.9. The molecular weight excluding hydrogens is 388 g/mol. The van der Waals surface area contributed by atoms with E-state index in [2.05, 4.69) is 50.3 Å². The van der Waals surface area contributed by atoms with Crippen LogP contribution in [-0.4, -0.2) is 19.6 Å². The number of halogens is 1. The van der Waals surface area contributed by atoms with Crippen LogP contribution in [0.3, 0.4) is 0 Å². The summed E-state index contributed by atoms with van der Waals surface area (Å²) in [6.07, 6.45) is 4.09. The number of fused-ring (bicyclic) bond motifs is 1. The van der Waals surface area contributed by atoms with E-state index in [4.69, 9.17) is 4.42 Å². The van der Waals surface area contributed by atoms with Crippen LogP contribution in [0, 0.1) is 6.92 Å². The van der Waals surface area contributed by atoms with Gasteiger partial charge in [-0.15, -0.1) is 10.2 Å². The summed E-state index contributed by atoms with van der Waals surface area (Å²) in [5.41, 5.74) is 4.03. The van der Waals surface area contributed by atoms with Gasteiger partial charge in [0.15, 0.2) is 0 Å². The smallest absolute Gasteiger partial charge is 0.277 e. The Hall–Kier alpha value is -2.12. The molecule has 0 spiro atoms. The summed E-state index contributed by atoms with van der Waals surface area (Å²) in [7, 11) is 0. The molecule has 0 aliphatic heterocycles. The predicted molar refractivity (Wildman–Crippen MR) is 96.9 cm³/mol. The van der Waals surface area contributed by atoms with Gasteiger partial charge in [-0.3, -0.25) is 0 Å². The first-order chi connectivity index (χ1) is 11.7. The molecule has 0 amide bonds. The molecule has 5 nitrogen and oxygen atoms in total. The van der Waals surface area contributed by atoms with E-state index in [1.165, 1.54) is 17.3 Å². The number of thioether (sulfide) groups is 1. The Morgan fingerprint density at radius 1 is 1.08 bits per heavy atom. The zero-order valence-corrected chi connectivity index (χ0v) is 15.2. The van der Waals surface area contributed by atoms with Crippen LogP contribution < -0.4 is 0 Å². The second kappa shape index (κ2) is 6.41. The molecule has 7 heteroatoms. The number of nitrogens with zero attached hydrogens (tertiary/aromatic N) is 4. The van der Waals surface area contributed by atoms with Crippen molar-refractivity contribution in [1.29, 1.82) is 0 Å². The van der Waals surface area contributed by atoms with Crippen molar-refractivity contribution in [2.75, 3.05) is 0 Å². The molecule has 0 aliphatic rings. The second-order valence-corrected chi connectivity index (χ2v) is 7.22. The van der Waals surface area contributed by atoms with Crippen LogP contribution in [0.2, 0.25) is 0 Å².